The number of rotatable bonds is 5. The van der Waals surface area contributed by atoms with Crippen LogP contribution >= 0.6 is 11.3 Å². The van der Waals surface area contributed by atoms with Gasteiger partial charge in [-0.05, 0) is 43.5 Å². The van der Waals surface area contributed by atoms with Crippen LogP contribution in [0, 0.1) is 0 Å². The standard InChI is InChI=1S/C18H18N2O4S/c1-11(21)12-6-7-14(24-3)13(9-12)10-20-16(22)18(2,19-17(20)23)15-5-4-8-25-15/h4-9H,10H2,1-3H3,(H,19,23)/t18-/m0/s1. The Balaban J connectivity index is 1.93. The molecule has 0 saturated carbocycles. The molecule has 0 unspecified atom stereocenters. The van der Waals surface area contributed by atoms with Crippen molar-refractivity contribution in [1.82, 2.24) is 10.2 Å². The summed E-state index contributed by atoms with van der Waals surface area (Å²) in [4.78, 5) is 38.9. The van der Waals surface area contributed by atoms with Gasteiger partial charge < -0.3 is 10.1 Å². The van der Waals surface area contributed by atoms with Crippen molar-refractivity contribution in [3.8, 4) is 5.75 Å². The van der Waals surface area contributed by atoms with Crippen molar-refractivity contribution in [1.29, 1.82) is 0 Å². The van der Waals surface area contributed by atoms with Crippen LogP contribution < -0.4 is 10.1 Å². The van der Waals surface area contributed by atoms with Crippen LogP contribution in [0.2, 0.25) is 0 Å². The maximum Gasteiger partial charge on any atom is 0.325 e. The van der Waals surface area contributed by atoms with E-state index in [2.05, 4.69) is 5.32 Å². The number of methoxy groups -OCH3 is 1. The largest absolute Gasteiger partial charge is 0.496 e. The average Bonchev–Trinajstić information content (AvgIpc) is 3.19. The highest BCUT2D eigenvalue weighted by Gasteiger charge is 2.49. The van der Waals surface area contributed by atoms with E-state index in [-0.39, 0.29) is 18.2 Å². The molecule has 1 fully saturated rings. The van der Waals surface area contributed by atoms with Gasteiger partial charge >= 0.3 is 6.03 Å². The summed E-state index contributed by atoms with van der Waals surface area (Å²) in [6, 6.07) is 8.18. The van der Waals surface area contributed by atoms with Crippen molar-refractivity contribution >= 4 is 29.1 Å². The van der Waals surface area contributed by atoms with Gasteiger partial charge in [0.05, 0.1) is 13.7 Å². The Morgan fingerprint density at radius 3 is 2.68 bits per heavy atom. The number of thiophene rings is 1. The SMILES string of the molecule is COc1ccc(C(C)=O)cc1CN1C(=O)N[C@@](C)(c2cccs2)C1=O. The number of nitrogens with zero attached hydrogens (tertiary/aromatic N) is 1. The Hall–Kier alpha value is -2.67. The summed E-state index contributed by atoms with van der Waals surface area (Å²) in [7, 11) is 1.51. The van der Waals surface area contributed by atoms with Gasteiger partial charge in [0.1, 0.15) is 5.75 Å². The van der Waals surface area contributed by atoms with Gasteiger partial charge in [-0.1, -0.05) is 6.07 Å². The van der Waals surface area contributed by atoms with Crippen molar-refractivity contribution in [2.45, 2.75) is 25.9 Å². The van der Waals surface area contributed by atoms with Crippen LogP contribution in [0.15, 0.2) is 35.7 Å². The molecule has 1 aromatic heterocycles. The second-order valence-corrected chi connectivity index (χ2v) is 6.95. The maximum absolute atomic E-state index is 12.9. The van der Waals surface area contributed by atoms with Crippen LogP contribution in [0.25, 0.3) is 0 Å². The topological polar surface area (TPSA) is 75.7 Å². The second-order valence-electron chi connectivity index (χ2n) is 6.01. The Labute approximate surface area is 149 Å². The molecule has 0 spiro atoms. The monoisotopic (exact) mass is 358 g/mol. The molecule has 1 aromatic carbocycles. The van der Waals surface area contributed by atoms with Crippen LogP contribution in [-0.2, 0) is 16.9 Å². The van der Waals surface area contributed by atoms with E-state index in [9.17, 15) is 14.4 Å². The van der Waals surface area contributed by atoms with Gasteiger partial charge in [-0.2, -0.15) is 0 Å². The van der Waals surface area contributed by atoms with E-state index in [0.717, 1.165) is 9.78 Å². The molecule has 130 valence electrons. The lowest BCUT2D eigenvalue weighted by Gasteiger charge is -2.20. The predicted molar refractivity (Wildman–Crippen MR) is 93.8 cm³/mol. The minimum atomic E-state index is -1.07. The smallest absolute Gasteiger partial charge is 0.325 e. The van der Waals surface area contributed by atoms with E-state index >= 15 is 0 Å². The molecule has 0 radical (unpaired) electrons. The number of benzene rings is 1. The average molecular weight is 358 g/mol. The number of amides is 3. The molecule has 1 N–H and O–H groups in total. The lowest BCUT2D eigenvalue weighted by atomic mass is 10.00. The third kappa shape index (κ3) is 2.91. The summed E-state index contributed by atoms with van der Waals surface area (Å²) >= 11 is 1.42. The van der Waals surface area contributed by atoms with Gasteiger partial charge in [-0.25, -0.2) is 4.79 Å². The van der Waals surface area contributed by atoms with Crippen molar-refractivity contribution in [2.24, 2.45) is 0 Å². The van der Waals surface area contributed by atoms with Gasteiger partial charge in [-0.3, -0.25) is 14.5 Å². The Morgan fingerprint density at radius 1 is 1.32 bits per heavy atom. The van der Waals surface area contributed by atoms with Gasteiger partial charge in [0.15, 0.2) is 11.3 Å². The molecule has 3 amide bonds. The molecule has 7 heteroatoms. The normalized spacial score (nSPS) is 19.9. The number of ketones is 1. The molecule has 2 heterocycles. The molecular formula is C18H18N2O4S. The van der Waals surface area contributed by atoms with Crippen LogP contribution in [0.5, 0.6) is 5.75 Å². The summed E-state index contributed by atoms with van der Waals surface area (Å²) in [5.74, 6) is 0.107. The van der Waals surface area contributed by atoms with Gasteiger partial charge in [0, 0.05) is 16.0 Å². The number of imide groups is 1. The third-order valence-corrected chi connectivity index (χ3v) is 5.40. The van der Waals surface area contributed by atoms with E-state index in [1.807, 2.05) is 17.5 Å². The zero-order valence-electron chi connectivity index (χ0n) is 14.2. The molecule has 6 nitrogen and oxygen atoms in total. The molecular weight excluding hydrogens is 340 g/mol. The molecule has 1 atom stereocenters. The first-order chi connectivity index (χ1) is 11.9. The highest BCUT2D eigenvalue weighted by Crippen LogP contribution is 2.33. The van der Waals surface area contributed by atoms with Crippen molar-refractivity contribution in [3.05, 3.63) is 51.7 Å². The molecule has 1 aliphatic heterocycles. The maximum atomic E-state index is 12.9. The second kappa shape index (κ2) is 6.33. The first kappa shape index (κ1) is 17.2. The number of urea groups is 1. The molecule has 0 aliphatic carbocycles. The number of ether oxygens (including phenoxy) is 1. The highest BCUT2D eigenvalue weighted by atomic mass is 32.1. The van der Waals surface area contributed by atoms with Gasteiger partial charge in [0.2, 0.25) is 0 Å². The fourth-order valence-corrected chi connectivity index (χ4v) is 3.70. The first-order valence-corrected chi connectivity index (χ1v) is 8.60. The van der Waals surface area contributed by atoms with Crippen LogP contribution in [-0.4, -0.2) is 29.7 Å². The van der Waals surface area contributed by atoms with Crippen LogP contribution in [0.3, 0.4) is 0 Å². The quantitative estimate of drug-likeness (QED) is 0.659. The lowest BCUT2D eigenvalue weighted by Crippen LogP contribution is -2.40. The number of hydrogen-bond donors (Lipinski definition) is 1. The minimum Gasteiger partial charge on any atom is -0.496 e. The van der Waals surface area contributed by atoms with Crippen LogP contribution in [0.1, 0.15) is 34.6 Å². The number of carbonyl (C=O) groups is 3. The zero-order valence-corrected chi connectivity index (χ0v) is 15.0. The molecule has 25 heavy (non-hydrogen) atoms. The van der Waals surface area contributed by atoms with Crippen LogP contribution in [0.4, 0.5) is 4.79 Å². The molecule has 1 aliphatic rings. The molecule has 2 aromatic rings. The van der Waals surface area contributed by atoms with Crippen molar-refractivity contribution < 1.29 is 19.1 Å². The molecule has 0 bridgehead atoms. The van der Waals surface area contributed by atoms with E-state index in [0.29, 0.717) is 16.9 Å². The summed E-state index contributed by atoms with van der Waals surface area (Å²) in [5, 5.41) is 4.63. The van der Waals surface area contributed by atoms with E-state index in [1.165, 1.54) is 25.4 Å². The summed E-state index contributed by atoms with van der Waals surface area (Å²) in [6.45, 7) is 3.20. The number of Topliss-reactive ketones (excluding diaryl/α,β-unsaturated/α-hetero) is 1. The highest BCUT2D eigenvalue weighted by molar-refractivity contribution is 7.10. The fourth-order valence-electron chi connectivity index (χ4n) is 2.86. The van der Waals surface area contributed by atoms with Crippen molar-refractivity contribution in [3.63, 3.8) is 0 Å². The first-order valence-electron chi connectivity index (χ1n) is 7.72. The number of nitrogens with one attached hydrogen (secondary N) is 1. The Morgan fingerprint density at radius 2 is 2.08 bits per heavy atom. The Bertz CT molecular complexity index is 847. The van der Waals surface area contributed by atoms with Gasteiger partial charge in [-0.15, -0.1) is 11.3 Å². The van der Waals surface area contributed by atoms with Crippen molar-refractivity contribution in [2.75, 3.05) is 7.11 Å². The summed E-state index contributed by atoms with van der Waals surface area (Å²) < 4.78 is 5.31. The lowest BCUT2D eigenvalue weighted by molar-refractivity contribution is -0.131. The molecule has 1 saturated heterocycles. The van der Waals surface area contributed by atoms with Gasteiger partial charge in [0.25, 0.3) is 5.91 Å². The predicted octanol–water partition coefficient (Wildman–Crippen LogP) is 2.93. The number of carbonyl (C=O) groups excluding carboxylic acids is 3. The van der Waals surface area contributed by atoms with E-state index in [4.69, 9.17) is 4.74 Å². The summed E-state index contributed by atoms with van der Waals surface area (Å²) in [5.41, 5.74) is 0.0365. The van der Waals surface area contributed by atoms with E-state index in [1.54, 1.807) is 25.1 Å². The summed E-state index contributed by atoms with van der Waals surface area (Å²) in [6.07, 6.45) is 0. The third-order valence-electron chi connectivity index (χ3n) is 4.30. The fraction of sp³-hybridized carbons (Fsp3) is 0.278. The Kier molecular flexibility index (Phi) is 4.34. The molecule has 3 rings (SSSR count). The van der Waals surface area contributed by atoms with E-state index < -0.39 is 11.6 Å². The zero-order chi connectivity index (χ0) is 18.2. The number of hydrogen-bond acceptors (Lipinski definition) is 5. The minimum absolute atomic E-state index is 0.0376.